The van der Waals surface area contributed by atoms with Gasteiger partial charge in [0.2, 0.25) is 5.82 Å². The number of hydrogen-bond acceptors (Lipinski definition) is 5. The molecule has 0 amide bonds. The molecule has 1 aliphatic heterocycles. The largest absolute Gasteiger partial charge is 0.365 e. The molecule has 0 saturated carbocycles. The Hall–Kier alpha value is -3.39. The minimum absolute atomic E-state index is 0.261. The average molecular weight is 380 g/mol. The monoisotopic (exact) mass is 380 g/mol. The Morgan fingerprint density at radius 2 is 1.89 bits per heavy atom. The molecule has 0 N–H and O–H groups in total. The van der Waals surface area contributed by atoms with Crippen molar-refractivity contribution in [1.29, 1.82) is 0 Å². The Labute approximate surface area is 158 Å². The van der Waals surface area contributed by atoms with E-state index in [4.69, 9.17) is 9.26 Å². The molecule has 5 rings (SSSR count). The van der Waals surface area contributed by atoms with Gasteiger partial charge in [-0.1, -0.05) is 17.3 Å². The molecule has 0 aliphatic carbocycles. The maximum absolute atomic E-state index is 13.5. The zero-order valence-electron chi connectivity index (χ0n) is 14.5. The van der Waals surface area contributed by atoms with Gasteiger partial charge in [-0.3, -0.25) is 0 Å². The summed E-state index contributed by atoms with van der Waals surface area (Å²) in [5.74, 6) is -0.00923. The minimum Gasteiger partial charge on any atom is -0.365 e. The molecular weight excluding hydrogens is 366 g/mol. The summed E-state index contributed by atoms with van der Waals surface area (Å²) in [4.78, 5) is 8.76. The second-order valence-electron chi connectivity index (χ2n) is 6.48. The van der Waals surface area contributed by atoms with Crippen molar-refractivity contribution in [3.05, 3.63) is 77.8 Å². The van der Waals surface area contributed by atoms with Crippen LogP contribution in [0.3, 0.4) is 0 Å². The van der Waals surface area contributed by atoms with Crippen LogP contribution >= 0.6 is 0 Å². The zero-order chi connectivity index (χ0) is 19.1. The number of imidazole rings is 1. The molecular formula is C20H14F2N4O2. The molecule has 2 aromatic heterocycles. The van der Waals surface area contributed by atoms with Crippen LogP contribution < -0.4 is 0 Å². The Morgan fingerprint density at radius 1 is 1.04 bits per heavy atom. The molecule has 2 aromatic carbocycles. The van der Waals surface area contributed by atoms with Crippen LogP contribution in [0.15, 0.2) is 59.4 Å². The van der Waals surface area contributed by atoms with E-state index in [1.54, 1.807) is 24.5 Å². The smallest absolute Gasteiger partial charge is 0.278 e. The molecule has 0 radical (unpaired) electrons. The molecule has 0 saturated heterocycles. The second-order valence-corrected chi connectivity index (χ2v) is 6.48. The lowest BCUT2D eigenvalue weighted by atomic mass is 10.1. The number of ether oxygens (including phenoxy) is 1. The first kappa shape index (κ1) is 16.8. The first-order chi connectivity index (χ1) is 13.7. The highest BCUT2D eigenvalue weighted by Crippen LogP contribution is 2.32. The van der Waals surface area contributed by atoms with Crippen molar-refractivity contribution in [2.24, 2.45) is 0 Å². The van der Waals surface area contributed by atoms with E-state index in [1.165, 1.54) is 24.3 Å². The maximum atomic E-state index is 13.5. The van der Waals surface area contributed by atoms with E-state index in [2.05, 4.69) is 15.1 Å². The molecule has 6 nitrogen and oxygen atoms in total. The SMILES string of the molecule is Fc1ccc(-c2noc(-c3ncn4c3COC(c3cccc(F)c3)C4)n2)cc1. The third-order valence-corrected chi connectivity index (χ3v) is 4.68. The minimum atomic E-state index is -0.333. The standard InChI is InChI=1S/C20H14F2N4O2/c21-14-6-4-12(5-7-14)19-24-20(28-25-19)18-16-10-27-17(9-26(16)11-23-18)13-2-1-3-15(22)8-13/h1-8,11,17H,9-10H2. The summed E-state index contributed by atoms with van der Waals surface area (Å²) in [6.07, 6.45) is 1.42. The van der Waals surface area contributed by atoms with Crippen LogP contribution in [-0.2, 0) is 17.9 Å². The van der Waals surface area contributed by atoms with E-state index in [-0.39, 0.29) is 30.2 Å². The van der Waals surface area contributed by atoms with Crippen LogP contribution in [0.25, 0.3) is 23.0 Å². The summed E-state index contributed by atoms with van der Waals surface area (Å²) in [6, 6.07) is 12.2. The first-order valence-corrected chi connectivity index (χ1v) is 8.68. The molecule has 140 valence electrons. The zero-order valence-corrected chi connectivity index (χ0v) is 14.5. The van der Waals surface area contributed by atoms with Crippen LogP contribution in [0.5, 0.6) is 0 Å². The van der Waals surface area contributed by atoms with Crippen molar-refractivity contribution < 1.29 is 18.0 Å². The summed E-state index contributed by atoms with van der Waals surface area (Å²) in [7, 11) is 0. The van der Waals surface area contributed by atoms with Gasteiger partial charge in [-0.2, -0.15) is 4.98 Å². The molecule has 0 bridgehead atoms. The predicted octanol–water partition coefficient (Wildman–Crippen LogP) is 4.15. The van der Waals surface area contributed by atoms with Gasteiger partial charge in [0.05, 0.1) is 25.2 Å². The Morgan fingerprint density at radius 3 is 2.71 bits per heavy atom. The van der Waals surface area contributed by atoms with Gasteiger partial charge < -0.3 is 13.8 Å². The van der Waals surface area contributed by atoms with Crippen LogP contribution in [0.2, 0.25) is 0 Å². The third-order valence-electron chi connectivity index (χ3n) is 4.68. The van der Waals surface area contributed by atoms with Gasteiger partial charge >= 0.3 is 0 Å². The van der Waals surface area contributed by atoms with Crippen LogP contribution in [0.1, 0.15) is 17.4 Å². The van der Waals surface area contributed by atoms with Crippen molar-refractivity contribution in [3.8, 4) is 23.0 Å². The van der Waals surface area contributed by atoms with Crippen LogP contribution in [-0.4, -0.2) is 19.7 Å². The van der Waals surface area contributed by atoms with Gasteiger partial charge in [-0.25, -0.2) is 13.8 Å². The molecule has 0 fully saturated rings. The van der Waals surface area contributed by atoms with E-state index >= 15 is 0 Å². The molecule has 1 unspecified atom stereocenters. The average Bonchev–Trinajstić information content (AvgIpc) is 3.35. The van der Waals surface area contributed by atoms with Crippen molar-refractivity contribution in [3.63, 3.8) is 0 Å². The number of hydrogen-bond donors (Lipinski definition) is 0. The fourth-order valence-corrected chi connectivity index (χ4v) is 3.25. The van der Waals surface area contributed by atoms with Crippen LogP contribution in [0, 0.1) is 11.6 Å². The molecule has 28 heavy (non-hydrogen) atoms. The summed E-state index contributed by atoms with van der Waals surface area (Å²) >= 11 is 0. The highest BCUT2D eigenvalue weighted by atomic mass is 19.1. The molecule has 0 spiro atoms. The fourth-order valence-electron chi connectivity index (χ4n) is 3.25. The molecule has 4 aromatic rings. The number of halogens is 2. The van der Waals surface area contributed by atoms with Crippen molar-refractivity contribution >= 4 is 0 Å². The first-order valence-electron chi connectivity index (χ1n) is 8.68. The van der Waals surface area contributed by atoms with Gasteiger partial charge in [-0.15, -0.1) is 0 Å². The Kier molecular flexibility index (Phi) is 3.98. The van der Waals surface area contributed by atoms with E-state index in [0.717, 1.165) is 11.3 Å². The normalized spacial score (nSPS) is 16.1. The van der Waals surface area contributed by atoms with E-state index in [1.807, 2.05) is 10.6 Å². The molecule has 1 aliphatic rings. The second kappa shape index (κ2) is 6.65. The summed E-state index contributed by atoms with van der Waals surface area (Å²) in [5.41, 5.74) is 2.77. The van der Waals surface area contributed by atoms with E-state index < -0.39 is 0 Å². The van der Waals surface area contributed by atoms with Crippen molar-refractivity contribution in [2.75, 3.05) is 0 Å². The Bertz CT molecular complexity index is 1140. The van der Waals surface area contributed by atoms with E-state index in [0.29, 0.717) is 23.6 Å². The van der Waals surface area contributed by atoms with Gasteiger partial charge in [0, 0.05) is 5.56 Å². The summed E-state index contributed by atoms with van der Waals surface area (Å²) in [6.45, 7) is 0.787. The number of fused-ring (bicyclic) bond motifs is 1. The van der Waals surface area contributed by atoms with Crippen LogP contribution in [0.4, 0.5) is 8.78 Å². The maximum Gasteiger partial charge on any atom is 0.278 e. The fraction of sp³-hybridized carbons (Fsp3) is 0.150. The Balaban J connectivity index is 1.42. The predicted molar refractivity (Wildman–Crippen MR) is 94.8 cm³/mol. The van der Waals surface area contributed by atoms with Crippen molar-refractivity contribution in [1.82, 2.24) is 19.7 Å². The summed E-state index contributed by atoms with van der Waals surface area (Å²) < 4.78 is 39.8. The molecule has 8 heteroatoms. The number of nitrogens with zero attached hydrogens (tertiary/aromatic N) is 4. The lowest BCUT2D eigenvalue weighted by Gasteiger charge is -2.25. The topological polar surface area (TPSA) is 66.0 Å². The third kappa shape index (κ3) is 2.97. The van der Waals surface area contributed by atoms with Crippen molar-refractivity contribution in [2.45, 2.75) is 19.3 Å². The summed E-state index contributed by atoms with van der Waals surface area (Å²) in [5, 5.41) is 3.95. The number of benzene rings is 2. The van der Waals surface area contributed by atoms with Gasteiger partial charge in [-0.05, 0) is 42.0 Å². The quantitative estimate of drug-likeness (QED) is 0.534. The molecule has 1 atom stereocenters. The highest BCUT2D eigenvalue weighted by molar-refractivity contribution is 5.59. The van der Waals surface area contributed by atoms with Gasteiger partial charge in [0.1, 0.15) is 17.7 Å². The number of aromatic nitrogens is 4. The highest BCUT2D eigenvalue weighted by Gasteiger charge is 2.26. The number of rotatable bonds is 3. The lowest BCUT2D eigenvalue weighted by molar-refractivity contribution is 0.00314. The van der Waals surface area contributed by atoms with E-state index in [9.17, 15) is 8.78 Å². The van der Waals surface area contributed by atoms with Gasteiger partial charge in [0.15, 0.2) is 5.69 Å². The molecule has 3 heterocycles. The lowest BCUT2D eigenvalue weighted by Crippen LogP contribution is -2.20. The van der Waals surface area contributed by atoms with Gasteiger partial charge in [0.25, 0.3) is 5.89 Å².